The van der Waals surface area contributed by atoms with Crippen molar-refractivity contribution < 1.29 is 24.2 Å². The molecule has 0 saturated carbocycles. The van der Waals surface area contributed by atoms with Crippen LogP contribution in [0.1, 0.15) is 36.2 Å². The third kappa shape index (κ3) is 6.08. The highest BCUT2D eigenvalue weighted by atomic mass is 16.6. The summed E-state index contributed by atoms with van der Waals surface area (Å²) < 4.78 is 10.4. The van der Waals surface area contributed by atoms with Gasteiger partial charge in [-0.2, -0.15) is 0 Å². The first kappa shape index (κ1) is 18.6. The molecule has 0 spiro atoms. The smallest absolute Gasteiger partial charge is 0.333 e. The van der Waals surface area contributed by atoms with Crippen LogP contribution in [-0.4, -0.2) is 36.2 Å². The van der Waals surface area contributed by atoms with E-state index in [1.807, 2.05) is 0 Å². The van der Waals surface area contributed by atoms with E-state index < -0.39 is 12.1 Å². The zero-order chi connectivity index (χ0) is 17.4. The first-order valence-corrected chi connectivity index (χ1v) is 7.28. The normalized spacial score (nSPS) is 11.4. The summed E-state index contributed by atoms with van der Waals surface area (Å²) in [6.07, 6.45) is -0.688. The van der Waals surface area contributed by atoms with E-state index in [0.29, 0.717) is 22.5 Å². The van der Waals surface area contributed by atoms with E-state index in [1.54, 1.807) is 38.1 Å². The Balaban J connectivity index is 2.64. The van der Waals surface area contributed by atoms with Gasteiger partial charge in [0, 0.05) is 23.1 Å². The van der Waals surface area contributed by atoms with E-state index in [4.69, 9.17) is 9.47 Å². The van der Waals surface area contributed by atoms with Crippen molar-refractivity contribution in [1.29, 1.82) is 0 Å². The summed E-state index contributed by atoms with van der Waals surface area (Å²) in [6, 6.07) is 6.89. The Morgan fingerprint density at radius 3 is 2.26 bits per heavy atom. The number of aliphatic hydroxyl groups is 1. The van der Waals surface area contributed by atoms with Gasteiger partial charge in [0.25, 0.3) is 0 Å². The number of benzene rings is 1. The van der Waals surface area contributed by atoms with Crippen LogP contribution in [0.25, 0.3) is 5.76 Å². The molecule has 124 valence electrons. The molecule has 0 aliphatic carbocycles. The van der Waals surface area contributed by atoms with Crippen LogP contribution in [0.4, 0.5) is 0 Å². The van der Waals surface area contributed by atoms with Crippen molar-refractivity contribution in [3.05, 3.63) is 54.1 Å². The van der Waals surface area contributed by atoms with E-state index in [2.05, 4.69) is 13.2 Å². The van der Waals surface area contributed by atoms with Crippen LogP contribution in [0.5, 0.6) is 0 Å². The highest BCUT2D eigenvalue weighted by molar-refractivity contribution is 6.00. The van der Waals surface area contributed by atoms with Gasteiger partial charge in [-0.05, 0) is 13.8 Å². The fraction of sp³-hybridized carbons (Fsp3) is 0.333. The molecule has 0 aliphatic heterocycles. The first-order chi connectivity index (χ1) is 10.8. The van der Waals surface area contributed by atoms with E-state index in [0.717, 1.165) is 0 Å². The van der Waals surface area contributed by atoms with Gasteiger partial charge < -0.3 is 14.6 Å². The Labute approximate surface area is 136 Å². The SMILES string of the molecule is C=C(C)C(=O)OCCOC(=C)c1ccccc1C(=O)CC(C)O. The molecule has 0 aliphatic rings. The lowest BCUT2D eigenvalue weighted by molar-refractivity contribution is -0.139. The third-order valence-electron chi connectivity index (χ3n) is 2.95. The molecule has 1 aromatic rings. The fourth-order valence-electron chi connectivity index (χ4n) is 1.85. The number of Topliss-reactive ketones (excluding diaryl/α,β-unsaturated/α-hetero) is 1. The molecule has 0 heterocycles. The second-order valence-corrected chi connectivity index (χ2v) is 5.21. The number of rotatable bonds is 9. The van der Waals surface area contributed by atoms with Gasteiger partial charge in [-0.25, -0.2) is 4.79 Å². The van der Waals surface area contributed by atoms with Crippen LogP contribution < -0.4 is 0 Å². The number of ether oxygens (including phenoxy) is 2. The molecule has 5 nitrogen and oxygen atoms in total. The van der Waals surface area contributed by atoms with Crippen LogP contribution in [0.3, 0.4) is 0 Å². The van der Waals surface area contributed by atoms with E-state index >= 15 is 0 Å². The van der Waals surface area contributed by atoms with Gasteiger partial charge >= 0.3 is 5.97 Å². The molecular weight excluding hydrogens is 296 g/mol. The molecule has 0 radical (unpaired) electrons. The van der Waals surface area contributed by atoms with Crippen LogP contribution >= 0.6 is 0 Å². The summed E-state index contributed by atoms with van der Waals surface area (Å²) in [5.41, 5.74) is 1.32. The molecule has 0 saturated heterocycles. The van der Waals surface area contributed by atoms with Gasteiger partial charge in [0.05, 0.1) is 6.10 Å². The molecule has 23 heavy (non-hydrogen) atoms. The second-order valence-electron chi connectivity index (χ2n) is 5.21. The first-order valence-electron chi connectivity index (χ1n) is 7.28. The van der Waals surface area contributed by atoms with Gasteiger partial charge in [-0.3, -0.25) is 4.79 Å². The maximum absolute atomic E-state index is 12.1. The largest absolute Gasteiger partial charge is 0.490 e. The van der Waals surface area contributed by atoms with Crippen molar-refractivity contribution in [2.24, 2.45) is 0 Å². The minimum Gasteiger partial charge on any atom is -0.490 e. The van der Waals surface area contributed by atoms with Gasteiger partial charge in [0.15, 0.2) is 5.78 Å². The predicted octanol–water partition coefficient (Wildman–Crippen LogP) is 2.75. The lowest BCUT2D eigenvalue weighted by Gasteiger charge is -2.13. The maximum Gasteiger partial charge on any atom is 0.333 e. The molecular formula is C18H22O5. The summed E-state index contributed by atoms with van der Waals surface area (Å²) in [7, 11) is 0. The number of hydrogen-bond donors (Lipinski definition) is 1. The number of esters is 1. The molecule has 1 unspecified atom stereocenters. The van der Waals surface area contributed by atoms with Gasteiger partial charge in [0.2, 0.25) is 0 Å². The Hall–Kier alpha value is -2.40. The maximum atomic E-state index is 12.1. The molecule has 0 bridgehead atoms. The molecule has 1 N–H and O–H groups in total. The fourth-order valence-corrected chi connectivity index (χ4v) is 1.85. The Kier molecular flexibility index (Phi) is 7.22. The third-order valence-corrected chi connectivity index (χ3v) is 2.95. The van der Waals surface area contributed by atoms with Crippen molar-refractivity contribution in [3.8, 4) is 0 Å². The molecule has 1 aromatic carbocycles. The van der Waals surface area contributed by atoms with Crippen molar-refractivity contribution >= 4 is 17.5 Å². The number of aliphatic hydroxyl groups excluding tert-OH is 1. The van der Waals surface area contributed by atoms with Gasteiger partial charge in [0.1, 0.15) is 19.0 Å². The summed E-state index contributed by atoms with van der Waals surface area (Å²) >= 11 is 0. The molecule has 0 fully saturated rings. The number of carbonyl (C=O) groups excluding carboxylic acids is 2. The summed E-state index contributed by atoms with van der Waals surface area (Å²) in [5, 5.41) is 9.35. The van der Waals surface area contributed by atoms with Crippen molar-refractivity contribution in [2.45, 2.75) is 26.4 Å². The van der Waals surface area contributed by atoms with Crippen LogP contribution in [-0.2, 0) is 14.3 Å². The molecule has 5 heteroatoms. The van der Waals surface area contributed by atoms with E-state index in [9.17, 15) is 14.7 Å². The topological polar surface area (TPSA) is 72.8 Å². The summed E-state index contributed by atoms with van der Waals surface area (Å²) in [4.78, 5) is 23.4. The van der Waals surface area contributed by atoms with Gasteiger partial charge in [-0.15, -0.1) is 0 Å². The van der Waals surface area contributed by atoms with Crippen molar-refractivity contribution in [1.82, 2.24) is 0 Å². The zero-order valence-electron chi connectivity index (χ0n) is 13.5. The Morgan fingerprint density at radius 2 is 1.70 bits per heavy atom. The van der Waals surface area contributed by atoms with Crippen LogP contribution in [0.15, 0.2) is 43.0 Å². The molecule has 0 aromatic heterocycles. The average molecular weight is 318 g/mol. The minimum atomic E-state index is -0.716. The Bertz CT molecular complexity index is 601. The summed E-state index contributed by atoms with van der Waals surface area (Å²) in [5.74, 6) is -0.355. The number of carbonyl (C=O) groups is 2. The van der Waals surface area contributed by atoms with E-state index in [-0.39, 0.29) is 25.4 Å². The summed E-state index contributed by atoms with van der Waals surface area (Å²) in [6.45, 7) is 10.6. The van der Waals surface area contributed by atoms with Crippen molar-refractivity contribution in [3.63, 3.8) is 0 Å². The minimum absolute atomic E-state index is 0.0283. The van der Waals surface area contributed by atoms with Crippen LogP contribution in [0.2, 0.25) is 0 Å². The van der Waals surface area contributed by atoms with Gasteiger partial charge in [-0.1, -0.05) is 37.4 Å². The molecule has 1 rings (SSSR count). The predicted molar refractivity (Wildman–Crippen MR) is 87.8 cm³/mol. The molecule has 0 amide bonds. The quantitative estimate of drug-likeness (QED) is 0.249. The monoisotopic (exact) mass is 318 g/mol. The lowest BCUT2D eigenvalue weighted by Crippen LogP contribution is -2.13. The highest BCUT2D eigenvalue weighted by Gasteiger charge is 2.15. The second kappa shape index (κ2) is 8.90. The average Bonchev–Trinajstić information content (AvgIpc) is 2.50. The number of ketones is 1. The van der Waals surface area contributed by atoms with Crippen molar-refractivity contribution in [2.75, 3.05) is 13.2 Å². The highest BCUT2D eigenvalue weighted by Crippen LogP contribution is 2.20. The molecule has 1 atom stereocenters. The van der Waals surface area contributed by atoms with E-state index in [1.165, 1.54) is 0 Å². The standard InChI is InChI=1S/C18H22O5/c1-12(2)18(21)23-10-9-22-14(4)15-7-5-6-8-16(15)17(20)11-13(3)19/h5-8,13,19H,1,4,9-11H2,2-3H3. The number of hydrogen-bond acceptors (Lipinski definition) is 5. The lowest BCUT2D eigenvalue weighted by atomic mass is 9.99. The van der Waals surface area contributed by atoms with Crippen LogP contribution in [0, 0.1) is 0 Å². The Morgan fingerprint density at radius 1 is 1.13 bits per heavy atom. The zero-order valence-corrected chi connectivity index (χ0v) is 13.5.